The Morgan fingerprint density at radius 2 is 2.25 bits per heavy atom. The van der Waals surface area contributed by atoms with Crippen LogP contribution in [0.3, 0.4) is 0 Å². The average Bonchev–Trinajstić information content (AvgIpc) is 3.05. The van der Waals surface area contributed by atoms with Gasteiger partial charge in [-0.15, -0.1) is 0 Å². The highest BCUT2D eigenvalue weighted by atomic mass is 16.1. The molecule has 2 N–H and O–H groups in total. The van der Waals surface area contributed by atoms with E-state index in [0.717, 1.165) is 17.0 Å². The van der Waals surface area contributed by atoms with Gasteiger partial charge in [0.1, 0.15) is 12.2 Å². The number of H-pyrrole nitrogens is 1. The van der Waals surface area contributed by atoms with Gasteiger partial charge in [0.2, 0.25) is 0 Å². The molecule has 0 aromatic carbocycles. The lowest BCUT2D eigenvalue weighted by Gasteiger charge is -2.07. The van der Waals surface area contributed by atoms with Crippen molar-refractivity contribution >= 4 is 11.6 Å². The zero-order chi connectivity index (χ0) is 14.1. The topological polar surface area (TPSA) is 101 Å². The second kappa shape index (κ2) is 4.72. The lowest BCUT2D eigenvalue weighted by Crippen LogP contribution is -2.25. The van der Waals surface area contributed by atoms with Crippen molar-refractivity contribution in [1.29, 1.82) is 0 Å². The molecule has 1 amide bonds. The molecule has 0 saturated heterocycles. The molecule has 3 aromatic heterocycles. The molecule has 0 aliphatic rings. The molecule has 0 saturated carbocycles. The summed E-state index contributed by atoms with van der Waals surface area (Å²) in [5.41, 5.74) is 2.82. The maximum atomic E-state index is 12.2. The summed E-state index contributed by atoms with van der Waals surface area (Å²) in [5, 5.41) is 13.5. The van der Waals surface area contributed by atoms with Gasteiger partial charge in [-0.1, -0.05) is 0 Å². The molecule has 3 rings (SSSR count). The Morgan fingerprint density at radius 1 is 1.40 bits per heavy atom. The third-order valence-electron chi connectivity index (χ3n) is 2.97. The van der Waals surface area contributed by atoms with Gasteiger partial charge < -0.3 is 5.32 Å². The van der Waals surface area contributed by atoms with Crippen LogP contribution in [0.25, 0.3) is 5.65 Å². The Bertz CT molecular complexity index is 760. The van der Waals surface area contributed by atoms with Crippen LogP contribution < -0.4 is 5.32 Å². The Labute approximate surface area is 114 Å². The molecule has 0 aliphatic carbocycles. The second-order valence-electron chi connectivity index (χ2n) is 4.43. The number of fused-ring (bicyclic) bond motifs is 1. The van der Waals surface area contributed by atoms with Crippen LogP contribution in [-0.4, -0.2) is 35.7 Å². The molecule has 3 heterocycles. The van der Waals surface area contributed by atoms with Crippen molar-refractivity contribution in [2.45, 2.75) is 20.4 Å². The van der Waals surface area contributed by atoms with E-state index in [9.17, 15) is 4.79 Å². The highest BCUT2D eigenvalue weighted by molar-refractivity contribution is 5.95. The second-order valence-corrected chi connectivity index (χ2v) is 4.43. The first kappa shape index (κ1) is 12.3. The fraction of sp³-hybridized carbons (Fsp3) is 0.250. The summed E-state index contributed by atoms with van der Waals surface area (Å²) in [6.45, 7) is 4.01. The van der Waals surface area contributed by atoms with Crippen molar-refractivity contribution in [3.8, 4) is 0 Å². The number of amides is 1. The predicted octanol–water partition coefficient (Wildman–Crippen LogP) is 0.394. The summed E-state index contributed by atoms with van der Waals surface area (Å²) in [6, 6.07) is 1.86. The zero-order valence-electron chi connectivity index (χ0n) is 11.1. The van der Waals surface area contributed by atoms with E-state index in [1.165, 1.54) is 6.33 Å². The fourth-order valence-electron chi connectivity index (χ4n) is 1.96. The standard InChI is InChI=1S/C12H13N7O/c1-7-3-11-13-4-9(8(2)19(11)18-7)12(20)14-5-10-15-6-16-17-10/h3-4,6H,5H2,1-2H3,(H,14,20)(H,15,16,17). The maximum Gasteiger partial charge on any atom is 0.255 e. The molecule has 8 heteroatoms. The van der Waals surface area contributed by atoms with Crippen LogP contribution in [-0.2, 0) is 6.54 Å². The normalized spacial score (nSPS) is 10.9. The van der Waals surface area contributed by atoms with Crippen LogP contribution in [0.1, 0.15) is 27.6 Å². The van der Waals surface area contributed by atoms with Gasteiger partial charge in [-0.25, -0.2) is 14.5 Å². The van der Waals surface area contributed by atoms with Gasteiger partial charge in [-0.3, -0.25) is 9.89 Å². The molecular formula is C12H13N7O. The SMILES string of the molecule is Cc1cc2ncc(C(=O)NCc3ncn[nH]3)c(C)n2n1. The summed E-state index contributed by atoms with van der Waals surface area (Å²) < 4.78 is 1.67. The van der Waals surface area contributed by atoms with Crippen LogP contribution >= 0.6 is 0 Å². The third kappa shape index (κ3) is 2.11. The van der Waals surface area contributed by atoms with E-state index in [0.29, 0.717) is 11.4 Å². The number of nitrogens with zero attached hydrogens (tertiary/aromatic N) is 5. The minimum atomic E-state index is -0.221. The molecule has 0 atom stereocenters. The highest BCUT2D eigenvalue weighted by Crippen LogP contribution is 2.10. The first-order valence-electron chi connectivity index (χ1n) is 6.09. The number of aromatic nitrogens is 6. The van der Waals surface area contributed by atoms with Gasteiger partial charge in [0.25, 0.3) is 5.91 Å². The number of hydrogen-bond acceptors (Lipinski definition) is 5. The molecule has 0 bridgehead atoms. The monoisotopic (exact) mass is 271 g/mol. The lowest BCUT2D eigenvalue weighted by molar-refractivity contribution is 0.0948. The van der Waals surface area contributed by atoms with Crippen LogP contribution in [0.5, 0.6) is 0 Å². The largest absolute Gasteiger partial charge is 0.345 e. The van der Waals surface area contributed by atoms with Crippen molar-refractivity contribution in [2.24, 2.45) is 0 Å². The van der Waals surface area contributed by atoms with Gasteiger partial charge in [0.05, 0.1) is 23.5 Å². The molecule has 0 fully saturated rings. The number of aromatic amines is 1. The number of carbonyl (C=O) groups excluding carboxylic acids is 1. The molecular weight excluding hydrogens is 258 g/mol. The van der Waals surface area contributed by atoms with Crippen molar-refractivity contribution in [1.82, 2.24) is 35.1 Å². The molecule has 8 nitrogen and oxygen atoms in total. The van der Waals surface area contributed by atoms with Crippen molar-refractivity contribution in [3.05, 3.63) is 41.4 Å². The van der Waals surface area contributed by atoms with Gasteiger partial charge in [-0.05, 0) is 13.8 Å². The maximum absolute atomic E-state index is 12.2. The van der Waals surface area contributed by atoms with Gasteiger partial charge in [0.15, 0.2) is 5.65 Å². The number of rotatable bonds is 3. The number of carbonyl (C=O) groups is 1. The van der Waals surface area contributed by atoms with E-state index in [4.69, 9.17) is 0 Å². The first-order valence-corrected chi connectivity index (χ1v) is 6.09. The van der Waals surface area contributed by atoms with Gasteiger partial charge >= 0.3 is 0 Å². The Balaban J connectivity index is 1.85. The van der Waals surface area contributed by atoms with Crippen molar-refractivity contribution in [2.75, 3.05) is 0 Å². The van der Waals surface area contributed by atoms with Crippen LogP contribution in [0, 0.1) is 13.8 Å². The molecule has 0 aliphatic heterocycles. The molecule has 0 spiro atoms. The van der Waals surface area contributed by atoms with E-state index in [-0.39, 0.29) is 12.5 Å². The average molecular weight is 271 g/mol. The quantitative estimate of drug-likeness (QED) is 0.717. The fourth-order valence-corrected chi connectivity index (χ4v) is 1.96. The Morgan fingerprint density at radius 3 is 3.00 bits per heavy atom. The third-order valence-corrected chi connectivity index (χ3v) is 2.97. The van der Waals surface area contributed by atoms with Gasteiger partial charge in [-0.2, -0.15) is 10.2 Å². The van der Waals surface area contributed by atoms with Crippen LogP contribution in [0.15, 0.2) is 18.6 Å². The molecule has 20 heavy (non-hydrogen) atoms. The van der Waals surface area contributed by atoms with Crippen LogP contribution in [0.2, 0.25) is 0 Å². The minimum Gasteiger partial charge on any atom is -0.345 e. The Hall–Kier alpha value is -2.77. The summed E-state index contributed by atoms with van der Waals surface area (Å²) in [6.07, 6.45) is 2.95. The molecule has 3 aromatic rings. The summed E-state index contributed by atoms with van der Waals surface area (Å²) in [4.78, 5) is 20.3. The number of nitrogens with one attached hydrogen (secondary N) is 2. The highest BCUT2D eigenvalue weighted by Gasteiger charge is 2.13. The summed E-state index contributed by atoms with van der Waals surface area (Å²) in [5.74, 6) is 0.376. The van der Waals surface area contributed by atoms with E-state index >= 15 is 0 Å². The predicted molar refractivity (Wildman–Crippen MR) is 70.0 cm³/mol. The van der Waals surface area contributed by atoms with Crippen LogP contribution in [0.4, 0.5) is 0 Å². The number of hydrogen-bond donors (Lipinski definition) is 2. The smallest absolute Gasteiger partial charge is 0.255 e. The minimum absolute atomic E-state index is 0.221. The zero-order valence-corrected chi connectivity index (χ0v) is 11.1. The summed E-state index contributed by atoms with van der Waals surface area (Å²) in [7, 11) is 0. The van der Waals surface area contributed by atoms with Crippen molar-refractivity contribution < 1.29 is 4.79 Å². The van der Waals surface area contributed by atoms with Crippen molar-refractivity contribution in [3.63, 3.8) is 0 Å². The van der Waals surface area contributed by atoms with E-state index in [2.05, 4.69) is 30.6 Å². The van der Waals surface area contributed by atoms with Gasteiger partial charge in [0, 0.05) is 12.3 Å². The van der Waals surface area contributed by atoms with E-state index in [1.54, 1.807) is 10.7 Å². The molecule has 0 radical (unpaired) electrons. The molecule has 102 valence electrons. The Kier molecular flexibility index (Phi) is 2.90. The van der Waals surface area contributed by atoms with E-state index in [1.807, 2.05) is 19.9 Å². The lowest BCUT2D eigenvalue weighted by atomic mass is 10.2. The van der Waals surface area contributed by atoms with E-state index < -0.39 is 0 Å². The first-order chi connectivity index (χ1) is 9.65. The molecule has 0 unspecified atom stereocenters. The number of aryl methyl sites for hydroxylation is 2. The summed E-state index contributed by atoms with van der Waals surface area (Å²) >= 11 is 0.